The van der Waals surface area contributed by atoms with Crippen molar-refractivity contribution < 1.29 is 24.2 Å². The second-order valence-corrected chi connectivity index (χ2v) is 12.8. The maximum absolute atomic E-state index is 13.6. The highest BCUT2D eigenvalue weighted by atomic mass is 32.2. The summed E-state index contributed by atoms with van der Waals surface area (Å²) in [4.78, 5) is 26.6. The summed E-state index contributed by atoms with van der Waals surface area (Å²) in [5, 5.41) is 10.0. The van der Waals surface area contributed by atoms with E-state index in [9.17, 15) is 14.7 Å². The number of rotatable bonds is 8. The summed E-state index contributed by atoms with van der Waals surface area (Å²) in [5.74, 6) is 0.598. The summed E-state index contributed by atoms with van der Waals surface area (Å²) >= 11 is 1.71. The molecule has 1 fully saturated rings. The number of hydrogen-bond acceptors (Lipinski definition) is 6. The van der Waals surface area contributed by atoms with Gasteiger partial charge in [-0.05, 0) is 86.8 Å². The van der Waals surface area contributed by atoms with E-state index in [1.807, 2.05) is 13.8 Å². The minimum atomic E-state index is -0.635. The van der Waals surface area contributed by atoms with E-state index in [0.29, 0.717) is 31.1 Å². The molecule has 1 N–H and O–H groups in total. The number of benzene rings is 1. The van der Waals surface area contributed by atoms with Gasteiger partial charge >= 0.3 is 11.9 Å². The van der Waals surface area contributed by atoms with Crippen molar-refractivity contribution in [2.45, 2.75) is 89.4 Å². The van der Waals surface area contributed by atoms with Crippen molar-refractivity contribution in [2.24, 2.45) is 29.1 Å². The Morgan fingerprint density at radius 2 is 1.89 bits per heavy atom. The molecule has 6 heteroatoms. The van der Waals surface area contributed by atoms with Crippen molar-refractivity contribution in [2.75, 3.05) is 6.26 Å². The lowest BCUT2D eigenvalue weighted by atomic mass is 9.65. The van der Waals surface area contributed by atoms with E-state index in [0.717, 1.165) is 18.4 Å². The van der Waals surface area contributed by atoms with Crippen molar-refractivity contribution in [1.29, 1.82) is 0 Å². The number of carbonyl (C=O) groups excluding carboxylic acids is 2. The fourth-order valence-corrected chi connectivity index (χ4v) is 6.67. The molecular weight excluding hydrogens is 484 g/mol. The van der Waals surface area contributed by atoms with Crippen LogP contribution < -0.4 is 0 Å². The lowest BCUT2D eigenvalue weighted by Gasteiger charge is -2.44. The van der Waals surface area contributed by atoms with Gasteiger partial charge in [-0.3, -0.25) is 9.59 Å². The molecule has 4 rings (SSSR count). The molecule has 1 aromatic carbocycles. The Balaban J connectivity index is 1.47. The predicted molar refractivity (Wildman–Crippen MR) is 147 cm³/mol. The van der Waals surface area contributed by atoms with E-state index >= 15 is 0 Å². The van der Waals surface area contributed by atoms with Gasteiger partial charge in [-0.2, -0.15) is 0 Å². The largest absolute Gasteiger partial charge is 0.462 e. The van der Waals surface area contributed by atoms with Crippen molar-refractivity contribution in [3.8, 4) is 0 Å². The summed E-state index contributed by atoms with van der Waals surface area (Å²) in [6, 6.07) is 8.40. The standard InChI is InChI=1S/C31H42O5S/c1-19-14-22-9-6-20(2)26(13-10-24-16-23(32)17-28(33)35-24)29(22)27(15-19)36-30(34)31(3,4)18-21-7-11-25(37-5)12-8-21/h6-9,11-12,14,19-20,23-24,26-27,29,32H,10,13,15-18H2,1-5H3/t19-,20-,23+,24+,26-,27-,29-/m0/s1. The average molecular weight is 527 g/mol. The van der Waals surface area contributed by atoms with Crippen LogP contribution in [0.2, 0.25) is 0 Å². The first kappa shape index (κ1) is 28.0. The summed E-state index contributed by atoms with van der Waals surface area (Å²) < 4.78 is 11.9. The van der Waals surface area contributed by atoms with Crippen LogP contribution in [0.3, 0.4) is 0 Å². The van der Waals surface area contributed by atoms with Gasteiger partial charge in [0.2, 0.25) is 0 Å². The fourth-order valence-electron chi connectivity index (χ4n) is 6.26. The van der Waals surface area contributed by atoms with Crippen LogP contribution in [0.5, 0.6) is 0 Å². The van der Waals surface area contributed by atoms with Gasteiger partial charge in [-0.25, -0.2) is 0 Å². The van der Waals surface area contributed by atoms with E-state index in [2.05, 4.69) is 62.6 Å². The number of carbonyl (C=O) groups is 2. The second kappa shape index (κ2) is 11.8. The van der Waals surface area contributed by atoms with Gasteiger partial charge in [-0.1, -0.05) is 44.2 Å². The fraction of sp³-hybridized carbons (Fsp3) is 0.613. The average Bonchev–Trinajstić information content (AvgIpc) is 2.83. The van der Waals surface area contributed by atoms with Crippen molar-refractivity contribution >= 4 is 23.7 Å². The van der Waals surface area contributed by atoms with Crippen molar-refractivity contribution in [1.82, 2.24) is 0 Å². The van der Waals surface area contributed by atoms with E-state index < -0.39 is 11.5 Å². The summed E-state index contributed by atoms with van der Waals surface area (Å²) in [5.41, 5.74) is 1.75. The quantitative estimate of drug-likeness (QED) is 0.324. The summed E-state index contributed by atoms with van der Waals surface area (Å²) in [6.45, 7) is 8.36. The van der Waals surface area contributed by atoms with E-state index in [-0.39, 0.29) is 42.4 Å². The highest BCUT2D eigenvalue weighted by Crippen LogP contribution is 2.45. The molecule has 1 heterocycles. The maximum Gasteiger partial charge on any atom is 0.312 e. The third-order valence-electron chi connectivity index (χ3n) is 8.27. The number of hydrogen-bond donors (Lipinski definition) is 1. The molecule has 0 unspecified atom stereocenters. The Kier molecular flexibility index (Phi) is 8.90. The molecule has 7 atom stereocenters. The van der Waals surface area contributed by atoms with E-state index in [4.69, 9.17) is 9.47 Å². The molecule has 0 radical (unpaired) electrons. The maximum atomic E-state index is 13.6. The number of aliphatic hydroxyl groups is 1. The zero-order valence-electron chi connectivity index (χ0n) is 22.8. The Bertz CT molecular complexity index is 1030. The van der Waals surface area contributed by atoms with Gasteiger partial charge < -0.3 is 14.6 Å². The number of cyclic esters (lactones) is 1. The third kappa shape index (κ3) is 6.88. The molecule has 1 saturated heterocycles. The molecule has 0 spiro atoms. The van der Waals surface area contributed by atoms with Crippen LogP contribution in [-0.4, -0.2) is 41.6 Å². The molecule has 0 amide bonds. The molecule has 37 heavy (non-hydrogen) atoms. The van der Waals surface area contributed by atoms with Crippen LogP contribution >= 0.6 is 11.8 Å². The zero-order valence-corrected chi connectivity index (χ0v) is 23.6. The first-order valence-corrected chi connectivity index (χ1v) is 14.9. The highest BCUT2D eigenvalue weighted by Gasteiger charge is 2.43. The van der Waals surface area contributed by atoms with Crippen LogP contribution in [0.25, 0.3) is 0 Å². The summed E-state index contributed by atoms with van der Waals surface area (Å²) in [6.07, 6.45) is 11.4. The first-order valence-electron chi connectivity index (χ1n) is 13.7. The molecule has 0 saturated carbocycles. The number of aliphatic hydroxyl groups excluding tert-OH is 1. The highest BCUT2D eigenvalue weighted by molar-refractivity contribution is 7.98. The zero-order chi connectivity index (χ0) is 26.7. The second-order valence-electron chi connectivity index (χ2n) is 11.9. The van der Waals surface area contributed by atoms with Crippen LogP contribution in [-0.2, 0) is 25.5 Å². The van der Waals surface area contributed by atoms with Crippen LogP contribution in [0.1, 0.15) is 65.4 Å². The van der Waals surface area contributed by atoms with Crippen molar-refractivity contribution in [3.63, 3.8) is 0 Å². The molecule has 1 aromatic rings. The minimum absolute atomic E-state index is 0.0853. The Morgan fingerprint density at radius 3 is 2.57 bits per heavy atom. The molecule has 0 bridgehead atoms. The molecule has 3 aliphatic rings. The SMILES string of the molecule is CSc1ccc(CC(C)(C)C(=O)O[C@H]2C[C@@H](C)C=C3C=C[C@H](C)[C@H](CC[C@@H]4C[C@@H](O)CC(=O)O4)[C@H]32)cc1. The molecule has 0 aromatic heterocycles. The monoisotopic (exact) mass is 526 g/mol. The number of allylic oxidation sites excluding steroid dienone is 3. The van der Waals surface area contributed by atoms with Gasteiger partial charge in [0.25, 0.3) is 0 Å². The molecular formula is C31H42O5S. The van der Waals surface area contributed by atoms with Crippen LogP contribution in [0, 0.1) is 29.1 Å². The topological polar surface area (TPSA) is 72.8 Å². The Hall–Kier alpha value is -2.05. The van der Waals surface area contributed by atoms with E-state index in [1.54, 1.807) is 11.8 Å². The molecule has 202 valence electrons. The lowest BCUT2D eigenvalue weighted by molar-refractivity contribution is -0.165. The molecule has 1 aliphatic heterocycles. The molecule has 5 nitrogen and oxygen atoms in total. The first-order chi connectivity index (χ1) is 17.6. The smallest absolute Gasteiger partial charge is 0.312 e. The lowest BCUT2D eigenvalue weighted by Crippen LogP contribution is -2.43. The Labute approximate surface area is 226 Å². The number of ether oxygens (including phenoxy) is 2. The number of fused-ring (bicyclic) bond motifs is 1. The van der Waals surface area contributed by atoms with Crippen LogP contribution in [0.15, 0.2) is 53.0 Å². The normalized spacial score (nSPS) is 31.8. The van der Waals surface area contributed by atoms with Gasteiger partial charge in [0.1, 0.15) is 12.2 Å². The van der Waals surface area contributed by atoms with E-state index in [1.165, 1.54) is 10.5 Å². The summed E-state index contributed by atoms with van der Waals surface area (Å²) in [7, 11) is 0. The number of thioether (sulfide) groups is 1. The van der Waals surface area contributed by atoms with Gasteiger partial charge in [0.05, 0.1) is 17.9 Å². The Morgan fingerprint density at radius 1 is 1.16 bits per heavy atom. The third-order valence-corrected chi connectivity index (χ3v) is 9.01. The van der Waals surface area contributed by atoms with Crippen LogP contribution in [0.4, 0.5) is 0 Å². The minimum Gasteiger partial charge on any atom is -0.462 e. The van der Waals surface area contributed by atoms with Gasteiger partial charge in [0, 0.05) is 17.2 Å². The van der Waals surface area contributed by atoms with Gasteiger partial charge in [-0.15, -0.1) is 11.8 Å². The predicted octanol–water partition coefficient (Wildman–Crippen LogP) is 6.14. The van der Waals surface area contributed by atoms with Gasteiger partial charge in [0.15, 0.2) is 0 Å². The number of esters is 2. The molecule has 2 aliphatic carbocycles. The van der Waals surface area contributed by atoms with Crippen molar-refractivity contribution in [3.05, 3.63) is 53.6 Å².